The number of aromatic nitrogens is 1. The molecular formula is C29H25N3O6. The van der Waals surface area contributed by atoms with E-state index < -0.39 is 5.91 Å². The molecule has 0 saturated heterocycles. The number of amides is 2. The van der Waals surface area contributed by atoms with Crippen LogP contribution in [0.1, 0.15) is 37.9 Å². The lowest BCUT2D eigenvalue weighted by Crippen LogP contribution is -2.38. The fourth-order valence-corrected chi connectivity index (χ4v) is 3.99. The van der Waals surface area contributed by atoms with Crippen molar-refractivity contribution in [3.8, 4) is 11.5 Å². The van der Waals surface area contributed by atoms with Crippen LogP contribution in [0.4, 0.5) is 5.69 Å². The van der Waals surface area contributed by atoms with Gasteiger partial charge in [0.1, 0.15) is 17.3 Å². The molecule has 9 heteroatoms. The molecule has 1 N–H and O–H groups in total. The Bertz CT molecular complexity index is 1480. The second kappa shape index (κ2) is 11.0. The van der Waals surface area contributed by atoms with Crippen molar-refractivity contribution >= 4 is 23.3 Å². The minimum absolute atomic E-state index is 0.0696. The van der Waals surface area contributed by atoms with E-state index in [1.807, 2.05) is 37.3 Å². The number of hydrogen-bond donors (Lipinski definition) is 1. The van der Waals surface area contributed by atoms with Crippen LogP contribution in [0.3, 0.4) is 0 Å². The van der Waals surface area contributed by atoms with E-state index in [1.54, 1.807) is 48.7 Å². The molecule has 2 amide bonds. The van der Waals surface area contributed by atoms with Gasteiger partial charge in [0.15, 0.2) is 24.8 Å². The van der Waals surface area contributed by atoms with Crippen LogP contribution in [0.15, 0.2) is 83.4 Å². The first-order valence-corrected chi connectivity index (χ1v) is 12.0. The first-order valence-electron chi connectivity index (χ1n) is 12.0. The van der Waals surface area contributed by atoms with Crippen molar-refractivity contribution in [2.75, 3.05) is 18.1 Å². The molecular weight excluding hydrogens is 486 g/mol. The number of hydrogen-bond acceptors (Lipinski definition) is 7. The van der Waals surface area contributed by atoms with E-state index in [2.05, 4.69) is 10.3 Å². The lowest BCUT2D eigenvalue weighted by molar-refractivity contribution is -0.121. The number of furan rings is 1. The third-order valence-electron chi connectivity index (χ3n) is 5.94. The molecule has 0 radical (unpaired) electrons. The molecule has 1 aliphatic rings. The molecule has 0 spiro atoms. The Hall–Kier alpha value is -4.92. The summed E-state index contributed by atoms with van der Waals surface area (Å²) in [6, 6.07) is 21.0. The van der Waals surface area contributed by atoms with Crippen LogP contribution in [0, 0.1) is 6.92 Å². The van der Waals surface area contributed by atoms with Gasteiger partial charge in [0.25, 0.3) is 11.8 Å². The Kier molecular flexibility index (Phi) is 7.17. The summed E-state index contributed by atoms with van der Waals surface area (Å²) in [7, 11) is 0. The van der Waals surface area contributed by atoms with Crippen molar-refractivity contribution in [2.24, 2.45) is 0 Å². The van der Waals surface area contributed by atoms with E-state index in [0.717, 1.165) is 11.3 Å². The van der Waals surface area contributed by atoms with Crippen molar-refractivity contribution in [2.45, 2.75) is 20.0 Å². The van der Waals surface area contributed by atoms with Crippen LogP contribution in [0.25, 0.3) is 0 Å². The SMILES string of the molecule is Cc1cccc(OCC(=O)c2ccc3c(c2)N(Cc2ccc(C(=O)NCc4ccccn4)o2)C(=O)CO3)c1. The summed E-state index contributed by atoms with van der Waals surface area (Å²) in [6.07, 6.45) is 1.65. The largest absolute Gasteiger partial charge is 0.485 e. The first kappa shape index (κ1) is 24.8. The van der Waals surface area contributed by atoms with Crippen LogP contribution in [-0.4, -0.2) is 35.8 Å². The Labute approximate surface area is 219 Å². The highest BCUT2D eigenvalue weighted by molar-refractivity contribution is 6.02. The molecule has 0 atom stereocenters. The fourth-order valence-electron chi connectivity index (χ4n) is 3.99. The van der Waals surface area contributed by atoms with Gasteiger partial charge in [0.05, 0.1) is 24.5 Å². The van der Waals surface area contributed by atoms with Gasteiger partial charge in [-0.1, -0.05) is 18.2 Å². The summed E-state index contributed by atoms with van der Waals surface area (Å²) in [5.74, 6) is 0.683. The highest BCUT2D eigenvalue weighted by Crippen LogP contribution is 2.34. The van der Waals surface area contributed by atoms with Gasteiger partial charge in [-0.15, -0.1) is 0 Å². The standard InChI is InChI=1S/C29H25N3O6/c1-19-5-4-7-22(13-19)36-17-25(33)20-8-10-26-24(14-20)32(28(34)18-37-26)16-23-9-11-27(38-23)29(35)31-15-21-6-2-3-12-30-21/h2-14H,15-18H2,1H3,(H,31,35). The van der Waals surface area contributed by atoms with E-state index >= 15 is 0 Å². The van der Waals surface area contributed by atoms with Crippen LogP contribution in [-0.2, 0) is 17.9 Å². The van der Waals surface area contributed by atoms with Crippen molar-refractivity contribution in [1.82, 2.24) is 10.3 Å². The average molecular weight is 512 g/mol. The van der Waals surface area contributed by atoms with E-state index in [0.29, 0.717) is 28.5 Å². The molecule has 0 saturated carbocycles. The molecule has 192 valence electrons. The van der Waals surface area contributed by atoms with Crippen LogP contribution in [0.5, 0.6) is 11.5 Å². The third-order valence-corrected chi connectivity index (χ3v) is 5.94. The monoisotopic (exact) mass is 511 g/mol. The lowest BCUT2D eigenvalue weighted by atomic mass is 10.1. The summed E-state index contributed by atoms with van der Waals surface area (Å²) in [5.41, 5.74) is 2.58. The van der Waals surface area contributed by atoms with E-state index in [1.165, 1.54) is 4.90 Å². The maximum atomic E-state index is 12.8. The molecule has 0 fully saturated rings. The molecule has 4 aromatic rings. The molecule has 0 bridgehead atoms. The first-order chi connectivity index (χ1) is 18.5. The van der Waals surface area contributed by atoms with Gasteiger partial charge < -0.3 is 19.2 Å². The Morgan fingerprint density at radius 2 is 1.95 bits per heavy atom. The summed E-state index contributed by atoms with van der Waals surface area (Å²) in [5, 5.41) is 2.76. The predicted molar refractivity (Wildman–Crippen MR) is 138 cm³/mol. The number of carbonyl (C=O) groups excluding carboxylic acids is 3. The zero-order valence-corrected chi connectivity index (χ0v) is 20.7. The van der Waals surface area contributed by atoms with Crippen LogP contribution in [0.2, 0.25) is 0 Å². The van der Waals surface area contributed by atoms with E-state index in [9.17, 15) is 14.4 Å². The maximum absolute atomic E-state index is 12.8. The predicted octanol–water partition coefficient (Wildman–Crippen LogP) is 4.10. The number of anilines is 1. The molecule has 38 heavy (non-hydrogen) atoms. The molecule has 1 aliphatic heterocycles. The van der Waals surface area contributed by atoms with Crippen LogP contribution < -0.4 is 19.7 Å². The number of Topliss-reactive ketones (excluding diaryl/α,β-unsaturated/α-hetero) is 1. The number of pyridine rings is 1. The smallest absolute Gasteiger partial charge is 0.287 e. The maximum Gasteiger partial charge on any atom is 0.287 e. The molecule has 0 aliphatic carbocycles. The number of ketones is 1. The second-order valence-electron chi connectivity index (χ2n) is 8.75. The highest BCUT2D eigenvalue weighted by Gasteiger charge is 2.28. The van der Waals surface area contributed by atoms with Gasteiger partial charge in [-0.3, -0.25) is 24.3 Å². The Morgan fingerprint density at radius 3 is 2.76 bits per heavy atom. The van der Waals surface area contributed by atoms with Gasteiger partial charge in [-0.25, -0.2) is 0 Å². The van der Waals surface area contributed by atoms with Gasteiger partial charge in [0.2, 0.25) is 0 Å². The number of ether oxygens (including phenoxy) is 2. The molecule has 9 nitrogen and oxygen atoms in total. The quantitative estimate of drug-likeness (QED) is 0.337. The number of rotatable bonds is 9. The molecule has 2 aromatic carbocycles. The fraction of sp³-hybridized carbons (Fsp3) is 0.172. The number of nitrogens with zero attached hydrogens (tertiary/aromatic N) is 2. The number of benzene rings is 2. The van der Waals surface area contributed by atoms with Gasteiger partial charge in [-0.2, -0.15) is 0 Å². The zero-order valence-electron chi connectivity index (χ0n) is 20.7. The summed E-state index contributed by atoms with van der Waals surface area (Å²) >= 11 is 0. The van der Waals surface area contributed by atoms with Gasteiger partial charge >= 0.3 is 0 Å². The van der Waals surface area contributed by atoms with Crippen molar-refractivity contribution in [3.63, 3.8) is 0 Å². The normalized spacial score (nSPS) is 12.4. The van der Waals surface area contributed by atoms with Crippen molar-refractivity contribution < 1.29 is 28.3 Å². The number of nitrogens with one attached hydrogen (secondary N) is 1. The minimum atomic E-state index is -0.392. The summed E-state index contributed by atoms with van der Waals surface area (Å²) < 4.78 is 16.9. The molecule has 2 aromatic heterocycles. The van der Waals surface area contributed by atoms with E-state index in [4.69, 9.17) is 13.9 Å². The molecule has 5 rings (SSSR count). The topological polar surface area (TPSA) is 111 Å². The number of carbonyl (C=O) groups is 3. The van der Waals surface area contributed by atoms with Gasteiger partial charge in [0, 0.05) is 11.8 Å². The van der Waals surface area contributed by atoms with Crippen molar-refractivity contribution in [3.05, 3.63) is 107 Å². The highest BCUT2D eigenvalue weighted by atomic mass is 16.5. The van der Waals surface area contributed by atoms with Crippen molar-refractivity contribution in [1.29, 1.82) is 0 Å². The van der Waals surface area contributed by atoms with E-state index in [-0.39, 0.29) is 43.8 Å². The Morgan fingerprint density at radius 1 is 1.05 bits per heavy atom. The number of aryl methyl sites for hydroxylation is 1. The third kappa shape index (κ3) is 5.73. The van der Waals surface area contributed by atoms with Crippen LogP contribution >= 0.6 is 0 Å². The minimum Gasteiger partial charge on any atom is -0.485 e. The summed E-state index contributed by atoms with van der Waals surface area (Å²) in [6.45, 7) is 1.98. The number of fused-ring (bicyclic) bond motifs is 1. The van der Waals surface area contributed by atoms with Gasteiger partial charge in [-0.05, 0) is 67.1 Å². The second-order valence-corrected chi connectivity index (χ2v) is 8.75. The average Bonchev–Trinajstić information content (AvgIpc) is 3.41. The molecule has 0 unspecified atom stereocenters. The molecule has 3 heterocycles. The lowest BCUT2D eigenvalue weighted by Gasteiger charge is -2.29. The Balaban J connectivity index is 1.27. The zero-order chi connectivity index (χ0) is 26.5. The summed E-state index contributed by atoms with van der Waals surface area (Å²) in [4.78, 5) is 43.7.